The van der Waals surface area contributed by atoms with E-state index in [0.29, 0.717) is 23.6 Å². The van der Waals surface area contributed by atoms with E-state index < -0.39 is 18.0 Å². The number of ether oxygens (including phenoxy) is 2. The van der Waals surface area contributed by atoms with E-state index in [4.69, 9.17) is 26.8 Å². The zero-order chi connectivity index (χ0) is 18.2. The number of halogens is 1. The molecule has 5 nitrogen and oxygen atoms in total. The van der Waals surface area contributed by atoms with Crippen molar-refractivity contribution in [2.75, 3.05) is 6.61 Å². The van der Waals surface area contributed by atoms with Crippen molar-refractivity contribution in [3.05, 3.63) is 64.7 Å². The zero-order valence-corrected chi connectivity index (χ0v) is 14.7. The highest BCUT2D eigenvalue weighted by atomic mass is 35.5. The minimum atomic E-state index is -1.08. The average Bonchev–Trinajstić information content (AvgIpc) is 2.58. The summed E-state index contributed by atoms with van der Waals surface area (Å²) in [7, 11) is 0. The zero-order valence-electron chi connectivity index (χ0n) is 13.9. The molecule has 2 N–H and O–H groups in total. The van der Waals surface area contributed by atoms with Crippen molar-refractivity contribution in [2.45, 2.75) is 25.9 Å². The van der Waals surface area contributed by atoms with Crippen LogP contribution in [-0.4, -0.2) is 18.5 Å². The highest BCUT2D eigenvalue weighted by Crippen LogP contribution is 2.22. The molecule has 0 saturated carbocycles. The molecule has 0 fully saturated rings. The highest BCUT2D eigenvalue weighted by Gasteiger charge is 2.22. The summed E-state index contributed by atoms with van der Waals surface area (Å²) in [6.45, 7) is 2.25. The van der Waals surface area contributed by atoms with Crippen LogP contribution in [0.1, 0.15) is 30.1 Å². The summed E-state index contributed by atoms with van der Waals surface area (Å²) in [6.07, 6.45) is -0.488. The molecular weight excluding hydrogens is 342 g/mol. The molecule has 0 aliphatic carbocycles. The Balaban J connectivity index is 1.80. The Morgan fingerprint density at radius 3 is 2.52 bits per heavy atom. The first-order chi connectivity index (χ1) is 12.0. The van der Waals surface area contributed by atoms with E-state index in [-0.39, 0.29) is 6.42 Å². The fraction of sp³-hybridized carbons (Fsp3) is 0.263. The molecule has 25 heavy (non-hydrogen) atoms. The van der Waals surface area contributed by atoms with Crippen molar-refractivity contribution in [2.24, 2.45) is 5.73 Å². The standard InChI is InChI=1S/C19H20ClNO4/c1-13-12-15(20)9-10-16(13)24-11-5-8-17(22)25-18(19(21)23)14-6-3-2-4-7-14/h2-4,6-7,9-10,12,18H,5,8,11H2,1H3,(H2,21,23)/t18-/m1/s1. The van der Waals surface area contributed by atoms with Gasteiger partial charge in [-0.2, -0.15) is 0 Å². The second kappa shape index (κ2) is 9.08. The number of hydrogen-bond acceptors (Lipinski definition) is 4. The third kappa shape index (κ3) is 5.80. The van der Waals surface area contributed by atoms with Crippen LogP contribution < -0.4 is 10.5 Å². The lowest BCUT2D eigenvalue weighted by Gasteiger charge is -2.15. The van der Waals surface area contributed by atoms with Gasteiger partial charge in [0.15, 0.2) is 0 Å². The molecule has 6 heteroatoms. The normalized spacial score (nSPS) is 11.6. The summed E-state index contributed by atoms with van der Waals surface area (Å²) < 4.78 is 10.8. The van der Waals surface area contributed by atoms with Gasteiger partial charge in [0, 0.05) is 17.0 Å². The molecule has 1 amide bonds. The van der Waals surface area contributed by atoms with Crippen molar-refractivity contribution in [3.8, 4) is 5.75 Å². The summed E-state index contributed by atoms with van der Waals surface area (Å²) in [5.41, 5.74) is 6.80. The minimum absolute atomic E-state index is 0.128. The van der Waals surface area contributed by atoms with Gasteiger partial charge >= 0.3 is 5.97 Å². The van der Waals surface area contributed by atoms with E-state index in [1.165, 1.54) is 0 Å². The Kier molecular flexibility index (Phi) is 6.83. The van der Waals surface area contributed by atoms with Gasteiger partial charge in [0.1, 0.15) is 5.75 Å². The van der Waals surface area contributed by atoms with Crippen molar-refractivity contribution in [1.29, 1.82) is 0 Å². The molecule has 0 unspecified atom stereocenters. The average molecular weight is 362 g/mol. The first-order valence-electron chi connectivity index (χ1n) is 7.90. The molecule has 1 atom stereocenters. The van der Waals surface area contributed by atoms with E-state index in [1.807, 2.05) is 13.0 Å². The third-order valence-corrected chi connectivity index (χ3v) is 3.76. The molecule has 0 aliphatic heterocycles. The van der Waals surface area contributed by atoms with Crippen LogP contribution in [0, 0.1) is 6.92 Å². The number of benzene rings is 2. The smallest absolute Gasteiger partial charge is 0.307 e. The van der Waals surface area contributed by atoms with Gasteiger partial charge in [-0.3, -0.25) is 9.59 Å². The van der Waals surface area contributed by atoms with Crippen molar-refractivity contribution < 1.29 is 19.1 Å². The number of hydrogen-bond donors (Lipinski definition) is 1. The molecular formula is C19H20ClNO4. The lowest BCUT2D eigenvalue weighted by Crippen LogP contribution is -2.26. The van der Waals surface area contributed by atoms with Crippen LogP contribution in [0.4, 0.5) is 0 Å². The van der Waals surface area contributed by atoms with Crippen LogP contribution in [0.5, 0.6) is 5.75 Å². The number of nitrogens with two attached hydrogens (primary N) is 1. The summed E-state index contributed by atoms with van der Waals surface area (Å²) in [6, 6.07) is 14.0. The fourth-order valence-electron chi connectivity index (χ4n) is 2.28. The lowest BCUT2D eigenvalue weighted by atomic mass is 10.1. The Labute approximate surface area is 151 Å². The molecule has 0 radical (unpaired) electrons. The van der Waals surface area contributed by atoms with Crippen LogP contribution in [0.2, 0.25) is 5.02 Å². The Hall–Kier alpha value is -2.53. The van der Waals surface area contributed by atoms with Gasteiger partial charge in [0.2, 0.25) is 6.10 Å². The predicted molar refractivity (Wildman–Crippen MR) is 95.4 cm³/mol. The van der Waals surface area contributed by atoms with Crippen molar-refractivity contribution in [3.63, 3.8) is 0 Å². The van der Waals surface area contributed by atoms with E-state index in [2.05, 4.69) is 0 Å². The third-order valence-electron chi connectivity index (χ3n) is 3.53. The molecule has 0 heterocycles. The number of primary amides is 1. The molecule has 0 aromatic heterocycles. The van der Waals surface area contributed by atoms with Gasteiger partial charge < -0.3 is 15.2 Å². The number of esters is 1. The molecule has 0 saturated heterocycles. The van der Waals surface area contributed by atoms with Gasteiger partial charge in [-0.25, -0.2) is 0 Å². The Morgan fingerprint density at radius 1 is 1.16 bits per heavy atom. The lowest BCUT2D eigenvalue weighted by molar-refractivity contribution is -0.155. The quantitative estimate of drug-likeness (QED) is 0.575. The van der Waals surface area contributed by atoms with Gasteiger partial charge in [-0.05, 0) is 37.1 Å². The summed E-state index contributed by atoms with van der Waals surface area (Å²) in [5, 5.41) is 0.645. The maximum Gasteiger partial charge on any atom is 0.307 e. The van der Waals surface area contributed by atoms with Gasteiger partial charge in [0.25, 0.3) is 5.91 Å². The van der Waals surface area contributed by atoms with E-state index in [1.54, 1.807) is 42.5 Å². The van der Waals surface area contributed by atoms with Gasteiger partial charge in [-0.15, -0.1) is 0 Å². The van der Waals surface area contributed by atoms with Gasteiger partial charge in [-0.1, -0.05) is 41.9 Å². The first-order valence-corrected chi connectivity index (χ1v) is 8.28. The van der Waals surface area contributed by atoms with Crippen molar-refractivity contribution >= 4 is 23.5 Å². The van der Waals surface area contributed by atoms with Crippen LogP contribution in [0.15, 0.2) is 48.5 Å². The topological polar surface area (TPSA) is 78.6 Å². The SMILES string of the molecule is Cc1cc(Cl)ccc1OCCCC(=O)O[C@@H](C(N)=O)c1ccccc1. The molecule has 2 rings (SSSR count). The summed E-state index contributed by atoms with van der Waals surface area (Å²) in [4.78, 5) is 23.5. The second-order valence-corrected chi connectivity index (χ2v) is 5.98. The highest BCUT2D eigenvalue weighted by molar-refractivity contribution is 6.30. The monoisotopic (exact) mass is 361 g/mol. The summed E-state index contributed by atoms with van der Waals surface area (Å²) >= 11 is 5.89. The molecule has 2 aromatic carbocycles. The molecule has 2 aromatic rings. The molecule has 0 aliphatic rings. The Bertz CT molecular complexity index is 733. The van der Waals surface area contributed by atoms with Crippen LogP contribution >= 0.6 is 11.6 Å². The van der Waals surface area contributed by atoms with E-state index in [9.17, 15) is 9.59 Å². The maximum absolute atomic E-state index is 12.0. The fourth-order valence-corrected chi connectivity index (χ4v) is 2.51. The molecule has 0 bridgehead atoms. The number of carbonyl (C=O) groups is 2. The van der Waals surface area contributed by atoms with E-state index in [0.717, 1.165) is 11.3 Å². The maximum atomic E-state index is 12.0. The number of rotatable bonds is 8. The molecule has 0 spiro atoms. The van der Waals surface area contributed by atoms with Crippen LogP contribution in [0.25, 0.3) is 0 Å². The Morgan fingerprint density at radius 2 is 1.88 bits per heavy atom. The van der Waals surface area contributed by atoms with Crippen LogP contribution in [0.3, 0.4) is 0 Å². The first kappa shape index (κ1) is 18.8. The number of aryl methyl sites for hydroxylation is 1. The van der Waals surface area contributed by atoms with Crippen LogP contribution in [-0.2, 0) is 14.3 Å². The van der Waals surface area contributed by atoms with E-state index >= 15 is 0 Å². The number of amides is 1. The molecule has 132 valence electrons. The summed E-state index contributed by atoms with van der Waals surface area (Å²) in [5.74, 6) is -0.478. The number of carbonyl (C=O) groups excluding carboxylic acids is 2. The predicted octanol–water partition coefficient (Wildman–Crippen LogP) is 3.58. The largest absolute Gasteiger partial charge is 0.493 e. The van der Waals surface area contributed by atoms with Gasteiger partial charge in [0.05, 0.1) is 6.61 Å². The second-order valence-electron chi connectivity index (χ2n) is 5.54. The minimum Gasteiger partial charge on any atom is -0.493 e. The van der Waals surface area contributed by atoms with Crippen molar-refractivity contribution in [1.82, 2.24) is 0 Å².